The van der Waals surface area contributed by atoms with E-state index in [-0.39, 0.29) is 11.4 Å². The Kier molecular flexibility index (Phi) is 1.61. The number of amides is 2. The van der Waals surface area contributed by atoms with Crippen molar-refractivity contribution in [2.45, 2.75) is 0 Å². The summed E-state index contributed by atoms with van der Waals surface area (Å²) in [4.78, 5) is 31.3. The molecule has 0 fully saturated rings. The van der Waals surface area contributed by atoms with Gasteiger partial charge in [-0.25, -0.2) is 9.97 Å². The van der Waals surface area contributed by atoms with E-state index in [1.807, 2.05) is 0 Å². The largest absolute Gasteiger partial charge is 0.285 e. The first-order valence-corrected chi connectivity index (χ1v) is 5.75. The first-order chi connectivity index (χ1) is 8.72. The average molecular weight is 257 g/mol. The normalized spacial score (nSPS) is 14.2. The van der Waals surface area contributed by atoms with Gasteiger partial charge in [-0.15, -0.1) is 0 Å². The third kappa shape index (κ3) is 1.12. The number of nitrogens with one attached hydrogen (secondary N) is 1. The highest BCUT2D eigenvalue weighted by atomic mass is 32.1. The molecule has 7 nitrogen and oxygen atoms in total. The Balaban J connectivity index is 2.15. The van der Waals surface area contributed by atoms with Crippen molar-refractivity contribution in [3.8, 4) is 0 Å². The zero-order chi connectivity index (χ0) is 12.3. The van der Waals surface area contributed by atoms with Gasteiger partial charge in [-0.2, -0.15) is 8.75 Å². The van der Waals surface area contributed by atoms with Crippen LogP contribution >= 0.6 is 11.7 Å². The maximum Gasteiger partial charge on any atom is 0.279 e. The summed E-state index contributed by atoms with van der Waals surface area (Å²) in [6, 6.07) is 3.41. The van der Waals surface area contributed by atoms with Gasteiger partial charge in [0.1, 0.15) is 11.0 Å². The van der Waals surface area contributed by atoms with Crippen LogP contribution in [0.15, 0.2) is 12.1 Å². The van der Waals surface area contributed by atoms with E-state index in [1.54, 1.807) is 12.1 Å². The maximum atomic E-state index is 11.5. The minimum atomic E-state index is -0.513. The molecule has 1 aliphatic rings. The van der Waals surface area contributed by atoms with Gasteiger partial charge < -0.3 is 0 Å². The highest BCUT2D eigenvalue weighted by molar-refractivity contribution is 7.00. The standard InChI is InChI=1S/C10H3N5O2S/c16-9-7-8(10(17)13-9)12-4-2-6-5(14-18-15-6)1-3(4)11-7/h1-2H,(H,13,16,17). The summed E-state index contributed by atoms with van der Waals surface area (Å²) < 4.78 is 8.18. The van der Waals surface area contributed by atoms with E-state index in [0.717, 1.165) is 11.7 Å². The van der Waals surface area contributed by atoms with E-state index in [2.05, 4.69) is 24.0 Å². The van der Waals surface area contributed by atoms with Gasteiger partial charge in [0, 0.05) is 0 Å². The molecule has 2 aromatic heterocycles. The van der Waals surface area contributed by atoms with E-state index in [4.69, 9.17) is 0 Å². The molecule has 1 N–H and O–H groups in total. The number of benzene rings is 1. The number of fused-ring (bicyclic) bond motifs is 3. The molecule has 0 atom stereocenters. The summed E-state index contributed by atoms with van der Waals surface area (Å²) in [5, 5.41) is 2.16. The highest BCUT2D eigenvalue weighted by Crippen LogP contribution is 2.21. The molecule has 1 aliphatic heterocycles. The number of hydrogen-bond acceptors (Lipinski definition) is 7. The molecular formula is C10H3N5O2S. The Morgan fingerprint density at radius 2 is 1.33 bits per heavy atom. The zero-order valence-corrected chi connectivity index (χ0v) is 9.48. The van der Waals surface area contributed by atoms with Gasteiger partial charge in [0.2, 0.25) is 0 Å². The lowest BCUT2D eigenvalue weighted by Crippen LogP contribution is -2.20. The predicted molar refractivity (Wildman–Crippen MR) is 62.3 cm³/mol. The third-order valence-electron chi connectivity index (χ3n) is 2.70. The summed E-state index contributed by atoms with van der Waals surface area (Å²) in [5.41, 5.74) is 2.58. The van der Waals surface area contributed by atoms with Crippen molar-refractivity contribution in [2.24, 2.45) is 0 Å². The van der Waals surface area contributed by atoms with Crippen molar-refractivity contribution in [2.75, 3.05) is 0 Å². The minimum absolute atomic E-state index is 0.0649. The van der Waals surface area contributed by atoms with Gasteiger partial charge in [-0.3, -0.25) is 14.9 Å². The molecule has 0 aliphatic carbocycles. The van der Waals surface area contributed by atoms with E-state index in [1.165, 1.54) is 0 Å². The van der Waals surface area contributed by atoms with Gasteiger partial charge in [-0.05, 0) is 12.1 Å². The summed E-state index contributed by atoms with van der Waals surface area (Å²) in [5.74, 6) is -1.03. The fourth-order valence-corrected chi connectivity index (χ4v) is 2.38. The summed E-state index contributed by atoms with van der Waals surface area (Å²) in [6.07, 6.45) is 0. The first-order valence-electron chi connectivity index (χ1n) is 5.02. The quantitative estimate of drug-likeness (QED) is 0.589. The molecule has 0 saturated heterocycles. The monoisotopic (exact) mass is 257 g/mol. The zero-order valence-electron chi connectivity index (χ0n) is 8.67. The van der Waals surface area contributed by atoms with Crippen molar-refractivity contribution in [3.63, 3.8) is 0 Å². The third-order valence-corrected chi connectivity index (χ3v) is 3.25. The second-order valence-corrected chi connectivity index (χ2v) is 4.33. The molecule has 0 radical (unpaired) electrons. The molecule has 4 rings (SSSR count). The van der Waals surface area contributed by atoms with Crippen LogP contribution in [0.25, 0.3) is 22.1 Å². The van der Waals surface area contributed by atoms with Crippen LogP contribution in [0.1, 0.15) is 21.0 Å². The summed E-state index contributed by atoms with van der Waals surface area (Å²) >= 11 is 1.09. The van der Waals surface area contributed by atoms with Crippen LogP contribution in [0, 0.1) is 0 Å². The summed E-state index contributed by atoms with van der Waals surface area (Å²) in [6.45, 7) is 0. The van der Waals surface area contributed by atoms with Gasteiger partial charge in [-0.1, -0.05) is 0 Å². The second-order valence-electron chi connectivity index (χ2n) is 3.80. The van der Waals surface area contributed by atoms with Crippen molar-refractivity contribution >= 4 is 45.6 Å². The maximum absolute atomic E-state index is 11.5. The molecule has 0 bridgehead atoms. The molecule has 3 aromatic rings. The van der Waals surface area contributed by atoms with E-state index in [0.29, 0.717) is 22.1 Å². The number of hydrogen-bond donors (Lipinski definition) is 1. The predicted octanol–water partition coefficient (Wildman–Crippen LogP) is 0.518. The molecule has 8 heteroatoms. The second kappa shape index (κ2) is 3.05. The molecule has 1 aromatic carbocycles. The topological polar surface area (TPSA) is 97.7 Å². The molecule has 0 spiro atoms. The van der Waals surface area contributed by atoms with Crippen LogP contribution in [0.2, 0.25) is 0 Å². The van der Waals surface area contributed by atoms with Crippen LogP contribution < -0.4 is 5.32 Å². The molecule has 2 amide bonds. The molecule has 3 heterocycles. The Labute approximate surface area is 103 Å². The van der Waals surface area contributed by atoms with Gasteiger partial charge in [0.15, 0.2) is 11.4 Å². The highest BCUT2D eigenvalue weighted by Gasteiger charge is 2.30. The Bertz CT molecular complexity index is 788. The lowest BCUT2D eigenvalue weighted by Gasteiger charge is -1.98. The number of carbonyl (C=O) groups is 2. The molecular weight excluding hydrogens is 254 g/mol. The van der Waals surface area contributed by atoms with Crippen molar-refractivity contribution < 1.29 is 9.59 Å². The number of rotatable bonds is 0. The number of carbonyl (C=O) groups excluding carboxylic acids is 2. The van der Waals surface area contributed by atoms with E-state index < -0.39 is 11.8 Å². The molecule has 86 valence electrons. The van der Waals surface area contributed by atoms with Gasteiger partial charge in [0.05, 0.1) is 22.8 Å². The lowest BCUT2D eigenvalue weighted by molar-refractivity contribution is 0.0877. The summed E-state index contributed by atoms with van der Waals surface area (Å²) in [7, 11) is 0. The molecule has 0 saturated carbocycles. The van der Waals surface area contributed by atoms with Crippen LogP contribution in [-0.2, 0) is 0 Å². The Morgan fingerprint density at radius 1 is 0.833 bits per heavy atom. The molecule has 0 unspecified atom stereocenters. The number of nitrogens with zero attached hydrogens (tertiary/aromatic N) is 4. The van der Waals surface area contributed by atoms with Gasteiger partial charge >= 0.3 is 0 Å². The fourth-order valence-electron chi connectivity index (χ4n) is 1.87. The smallest absolute Gasteiger partial charge is 0.279 e. The van der Waals surface area contributed by atoms with E-state index in [9.17, 15) is 9.59 Å². The number of imide groups is 1. The first kappa shape index (κ1) is 9.54. The van der Waals surface area contributed by atoms with Crippen LogP contribution in [-0.4, -0.2) is 30.5 Å². The van der Waals surface area contributed by atoms with E-state index >= 15 is 0 Å². The van der Waals surface area contributed by atoms with Crippen LogP contribution in [0.3, 0.4) is 0 Å². The van der Waals surface area contributed by atoms with Crippen molar-refractivity contribution in [1.82, 2.24) is 24.0 Å². The van der Waals surface area contributed by atoms with Crippen molar-refractivity contribution in [3.05, 3.63) is 23.5 Å². The number of aromatic nitrogens is 4. The minimum Gasteiger partial charge on any atom is -0.285 e. The van der Waals surface area contributed by atoms with Gasteiger partial charge in [0.25, 0.3) is 11.8 Å². The van der Waals surface area contributed by atoms with Crippen LogP contribution in [0.5, 0.6) is 0 Å². The average Bonchev–Trinajstić information content (AvgIpc) is 2.90. The SMILES string of the molecule is O=C1NC(=O)c2nc3cc4nsnc4cc3nc21. The molecule has 18 heavy (non-hydrogen) atoms. The Hall–Kier alpha value is -2.48. The fraction of sp³-hybridized carbons (Fsp3) is 0. The Morgan fingerprint density at radius 3 is 1.83 bits per heavy atom. The van der Waals surface area contributed by atoms with Crippen LogP contribution in [0.4, 0.5) is 0 Å². The lowest BCUT2D eigenvalue weighted by atomic mass is 10.2. The van der Waals surface area contributed by atoms with Crippen molar-refractivity contribution in [1.29, 1.82) is 0 Å².